The molecule has 0 unspecified atom stereocenters. The Kier molecular flexibility index (Phi) is 4.93. The van der Waals surface area contributed by atoms with Crippen LogP contribution in [0.1, 0.15) is 12.8 Å². The second kappa shape index (κ2) is 6.22. The van der Waals surface area contributed by atoms with E-state index in [0.717, 1.165) is 0 Å². The maximum absolute atomic E-state index is 11.4. The van der Waals surface area contributed by atoms with E-state index in [1.165, 1.54) is 0 Å². The Morgan fingerprint density at radius 3 is 2.76 bits per heavy atom. The fourth-order valence-corrected chi connectivity index (χ4v) is 1.39. The van der Waals surface area contributed by atoms with Gasteiger partial charge in [0, 0.05) is 17.1 Å². The topological polar surface area (TPSA) is 92.4 Å². The number of rotatable bonds is 5. The minimum atomic E-state index is -1.11. The van der Waals surface area contributed by atoms with Gasteiger partial charge in [0.15, 0.2) is 0 Å². The van der Waals surface area contributed by atoms with Gasteiger partial charge in [0.05, 0.1) is 0 Å². The fourth-order valence-electron chi connectivity index (χ4n) is 1.20. The van der Waals surface area contributed by atoms with Crippen LogP contribution in [0.15, 0.2) is 24.3 Å². The minimum absolute atomic E-state index is 0.0555. The Morgan fingerprint density at radius 2 is 2.18 bits per heavy atom. The van der Waals surface area contributed by atoms with Crippen molar-refractivity contribution in [2.45, 2.75) is 18.9 Å². The molecule has 1 amide bonds. The largest absolute Gasteiger partial charge is 0.480 e. The van der Waals surface area contributed by atoms with E-state index in [4.69, 9.17) is 22.4 Å². The summed E-state index contributed by atoms with van der Waals surface area (Å²) in [4.78, 5) is 21.9. The maximum Gasteiger partial charge on any atom is 0.320 e. The van der Waals surface area contributed by atoms with Crippen molar-refractivity contribution in [1.82, 2.24) is 0 Å². The number of nitrogens with two attached hydrogens (primary N) is 1. The number of carbonyl (C=O) groups excluding carboxylic acids is 1. The quantitative estimate of drug-likeness (QED) is 0.744. The van der Waals surface area contributed by atoms with E-state index in [1.54, 1.807) is 24.3 Å². The van der Waals surface area contributed by atoms with Crippen molar-refractivity contribution in [2.75, 3.05) is 5.32 Å². The molecule has 1 aromatic carbocycles. The summed E-state index contributed by atoms with van der Waals surface area (Å²) in [5, 5.41) is 11.7. The molecule has 6 heteroatoms. The summed E-state index contributed by atoms with van der Waals surface area (Å²) in [6, 6.07) is 5.69. The van der Waals surface area contributed by atoms with E-state index in [-0.39, 0.29) is 18.7 Å². The van der Waals surface area contributed by atoms with Crippen molar-refractivity contribution < 1.29 is 14.7 Å². The molecule has 1 aromatic rings. The molecule has 92 valence electrons. The predicted octanol–water partition coefficient (Wildman–Crippen LogP) is 1.47. The van der Waals surface area contributed by atoms with E-state index in [9.17, 15) is 9.59 Å². The molecule has 0 saturated carbocycles. The number of hydrogen-bond donors (Lipinski definition) is 3. The molecule has 0 aliphatic rings. The molecule has 5 nitrogen and oxygen atoms in total. The number of halogens is 1. The lowest BCUT2D eigenvalue weighted by atomic mass is 10.1. The van der Waals surface area contributed by atoms with Crippen molar-refractivity contribution in [1.29, 1.82) is 0 Å². The van der Waals surface area contributed by atoms with Crippen LogP contribution < -0.4 is 11.1 Å². The molecular weight excluding hydrogens is 244 g/mol. The van der Waals surface area contributed by atoms with Crippen LogP contribution in [-0.2, 0) is 9.59 Å². The number of hydrogen-bond acceptors (Lipinski definition) is 3. The molecule has 17 heavy (non-hydrogen) atoms. The first-order valence-electron chi connectivity index (χ1n) is 5.03. The van der Waals surface area contributed by atoms with Gasteiger partial charge >= 0.3 is 5.97 Å². The van der Waals surface area contributed by atoms with Crippen molar-refractivity contribution in [3.05, 3.63) is 29.3 Å². The smallest absolute Gasteiger partial charge is 0.320 e. The summed E-state index contributed by atoms with van der Waals surface area (Å²) >= 11 is 5.75. The van der Waals surface area contributed by atoms with Crippen LogP contribution in [0.4, 0.5) is 5.69 Å². The van der Waals surface area contributed by atoms with Crippen molar-refractivity contribution >= 4 is 29.2 Å². The van der Waals surface area contributed by atoms with Gasteiger partial charge in [-0.15, -0.1) is 0 Å². The Morgan fingerprint density at radius 1 is 1.47 bits per heavy atom. The van der Waals surface area contributed by atoms with Crippen LogP contribution in [0.3, 0.4) is 0 Å². The number of carbonyl (C=O) groups is 2. The monoisotopic (exact) mass is 256 g/mol. The highest BCUT2D eigenvalue weighted by Crippen LogP contribution is 2.15. The molecule has 0 heterocycles. The predicted molar refractivity (Wildman–Crippen MR) is 64.9 cm³/mol. The Bertz CT molecular complexity index is 423. The van der Waals surface area contributed by atoms with Crippen molar-refractivity contribution in [3.63, 3.8) is 0 Å². The third-order valence-corrected chi connectivity index (χ3v) is 2.34. The van der Waals surface area contributed by atoms with Crippen LogP contribution in [0.2, 0.25) is 5.02 Å². The summed E-state index contributed by atoms with van der Waals surface area (Å²) in [5.74, 6) is -1.40. The highest BCUT2D eigenvalue weighted by molar-refractivity contribution is 6.30. The normalized spacial score (nSPS) is 11.9. The summed E-state index contributed by atoms with van der Waals surface area (Å²) < 4.78 is 0. The van der Waals surface area contributed by atoms with E-state index >= 15 is 0 Å². The zero-order valence-corrected chi connectivity index (χ0v) is 9.78. The molecular formula is C11H13ClN2O3. The Hall–Kier alpha value is -1.59. The van der Waals surface area contributed by atoms with Crippen LogP contribution >= 0.6 is 11.6 Å². The lowest BCUT2D eigenvalue weighted by molar-refractivity contribution is -0.138. The average molecular weight is 257 g/mol. The lowest BCUT2D eigenvalue weighted by Gasteiger charge is -2.07. The number of anilines is 1. The second-order valence-electron chi connectivity index (χ2n) is 3.54. The number of carboxylic acids is 1. The summed E-state index contributed by atoms with van der Waals surface area (Å²) in [5.41, 5.74) is 5.86. The van der Waals surface area contributed by atoms with Gasteiger partial charge in [-0.05, 0) is 24.6 Å². The maximum atomic E-state index is 11.4. The molecule has 0 bridgehead atoms. The molecule has 0 radical (unpaired) electrons. The van der Waals surface area contributed by atoms with Gasteiger partial charge in [0.1, 0.15) is 6.04 Å². The zero-order valence-electron chi connectivity index (χ0n) is 9.02. The first-order chi connectivity index (χ1) is 7.99. The standard InChI is InChI=1S/C11H13ClN2O3/c12-7-2-1-3-8(6-7)14-10(15)5-4-9(13)11(16)17/h1-3,6,9H,4-5,13H2,(H,14,15)(H,16,17)/t9-/m0/s1. The second-order valence-corrected chi connectivity index (χ2v) is 3.98. The first kappa shape index (κ1) is 13.5. The van der Waals surface area contributed by atoms with Gasteiger partial charge in [-0.2, -0.15) is 0 Å². The summed E-state index contributed by atoms with van der Waals surface area (Å²) in [6.45, 7) is 0. The van der Waals surface area contributed by atoms with Crippen molar-refractivity contribution in [3.8, 4) is 0 Å². The molecule has 0 spiro atoms. The highest BCUT2D eigenvalue weighted by atomic mass is 35.5. The molecule has 0 aliphatic carbocycles. The Balaban J connectivity index is 2.42. The van der Waals surface area contributed by atoms with Gasteiger partial charge in [-0.3, -0.25) is 9.59 Å². The van der Waals surface area contributed by atoms with Crippen LogP contribution in [0.25, 0.3) is 0 Å². The van der Waals surface area contributed by atoms with E-state index in [0.29, 0.717) is 10.7 Å². The number of benzene rings is 1. The lowest BCUT2D eigenvalue weighted by Crippen LogP contribution is -2.31. The average Bonchev–Trinajstić information content (AvgIpc) is 2.25. The first-order valence-corrected chi connectivity index (χ1v) is 5.40. The zero-order chi connectivity index (χ0) is 12.8. The molecule has 0 saturated heterocycles. The number of amides is 1. The van der Waals surface area contributed by atoms with E-state index in [1.807, 2.05) is 0 Å². The molecule has 4 N–H and O–H groups in total. The van der Waals surface area contributed by atoms with Gasteiger partial charge < -0.3 is 16.2 Å². The highest BCUT2D eigenvalue weighted by Gasteiger charge is 2.13. The van der Waals surface area contributed by atoms with Crippen molar-refractivity contribution in [2.24, 2.45) is 5.73 Å². The number of carboxylic acid groups (broad SMARTS) is 1. The SMILES string of the molecule is N[C@@H](CCC(=O)Nc1cccc(Cl)c1)C(=O)O. The van der Waals surface area contributed by atoms with Crippen LogP contribution in [0, 0.1) is 0 Å². The number of nitrogens with one attached hydrogen (secondary N) is 1. The van der Waals surface area contributed by atoms with E-state index in [2.05, 4.69) is 5.32 Å². The molecule has 1 rings (SSSR count). The molecule has 0 fully saturated rings. The summed E-state index contributed by atoms with van der Waals surface area (Å²) in [6.07, 6.45) is 0.154. The van der Waals surface area contributed by atoms with E-state index < -0.39 is 12.0 Å². The molecule has 1 atom stereocenters. The van der Waals surface area contributed by atoms with Gasteiger partial charge in [-0.1, -0.05) is 17.7 Å². The fraction of sp³-hybridized carbons (Fsp3) is 0.273. The molecule has 0 aliphatic heterocycles. The van der Waals surface area contributed by atoms with Crippen LogP contribution in [0.5, 0.6) is 0 Å². The number of aliphatic carboxylic acids is 1. The molecule has 0 aromatic heterocycles. The van der Waals surface area contributed by atoms with Gasteiger partial charge in [0.25, 0.3) is 0 Å². The summed E-state index contributed by atoms with van der Waals surface area (Å²) in [7, 11) is 0. The minimum Gasteiger partial charge on any atom is -0.480 e. The van der Waals surface area contributed by atoms with Gasteiger partial charge in [0.2, 0.25) is 5.91 Å². The third-order valence-electron chi connectivity index (χ3n) is 2.11. The van der Waals surface area contributed by atoms with Crippen LogP contribution in [-0.4, -0.2) is 23.0 Å². The Labute approximate surface area is 104 Å². The third kappa shape index (κ3) is 4.84. The van der Waals surface area contributed by atoms with Gasteiger partial charge in [-0.25, -0.2) is 0 Å².